The van der Waals surface area contributed by atoms with Crippen LogP contribution < -0.4 is 5.73 Å². The molecule has 0 aliphatic carbocycles. The average Bonchev–Trinajstić information content (AvgIpc) is 2.03. The van der Waals surface area contributed by atoms with Gasteiger partial charge in [-0.1, -0.05) is 12.6 Å². The number of nitrogens with two attached hydrogens (primary N) is 1. The highest BCUT2D eigenvalue weighted by molar-refractivity contribution is 6.58. The van der Waals surface area contributed by atoms with Crippen molar-refractivity contribution in [3.8, 4) is 0 Å². The maximum absolute atomic E-state index is 5.40. The van der Waals surface area contributed by atoms with Crippen molar-refractivity contribution in [3.05, 3.63) is 0 Å². The molecule has 0 saturated heterocycles. The van der Waals surface area contributed by atoms with E-state index in [-0.39, 0.29) is 5.91 Å². The Bertz CT molecular complexity index is 88.5. The van der Waals surface area contributed by atoms with Crippen LogP contribution in [-0.4, -0.2) is 35.5 Å². The van der Waals surface area contributed by atoms with Crippen molar-refractivity contribution >= 4 is 8.80 Å². The summed E-state index contributed by atoms with van der Waals surface area (Å²) in [6, 6.07) is 1.20. The first-order valence-corrected chi connectivity index (χ1v) is 6.65. The standard InChI is InChI=1S/C7H19NO2Si/c1-9-7(10-2)11(3)6-4-5-8/h7,11H,4-6,8H2,1-3H3. The Balaban J connectivity index is 3.51. The summed E-state index contributed by atoms with van der Waals surface area (Å²) >= 11 is 0. The Kier molecular flexibility index (Phi) is 6.85. The summed E-state index contributed by atoms with van der Waals surface area (Å²) in [6.07, 6.45) is 1.09. The predicted octanol–water partition coefficient (Wildman–Crippen LogP) is 0.350. The minimum absolute atomic E-state index is 0.0570. The first kappa shape index (κ1) is 11.1. The van der Waals surface area contributed by atoms with Gasteiger partial charge in [-0.2, -0.15) is 0 Å². The summed E-state index contributed by atoms with van der Waals surface area (Å²) in [5.41, 5.74) is 5.40. The Hall–Kier alpha value is 0.0969. The normalized spacial score (nSPS) is 13.9. The SMILES string of the molecule is COC(OC)[SiH](C)CCCN. The Morgan fingerprint density at radius 1 is 1.36 bits per heavy atom. The van der Waals surface area contributed by atoms with Gasteiger partial charge in [-0.3, -0.25) is 0 Å². The molecule has 68 valence electrons. The Morgan fingerprint density at radius 2 is 1.91 bits per heavy atom. The van der Waals surface area contributed by atoms with Crippen LogP contribution in [0.1, 0.15) is 6.42 Å². The second-order valence-corrected chi connectivity index (χ2v) is 5.82. The smallest absolute Gasteiger partial charge is 0.137 e. The molecule has 0 spiro atoms. The molecule has 1 unspecified atom stereocenters. The molecule has 0 bridgehead atoms. The van der Waals surface area contributed by atoms with E-state index in [2.05, 4.69) is 6.55 Å². The maximum Gasteiger partial charge on any atom is 0.137 e. The van der Waals surface area contributed by atoms with E-state index in [0.29, 0.717) is 0 Å². The third kappa shape index (κ3) is 4.52. The molecule has 11 heavy (non-hydrogen) atoms. The molecular weight excluding hydrogens is 158 g/mol. The highest BCUT2D eigenvalue weighted by Crippen LogP contribution is 2.05. The molecule has 0 rings (SSSR count). The van der Waals surface area contributed by atoms with Gasteiger partial charge in [0.2, 0.25) is 0 Å². The summed E-state index contributed by atoms with van der Waals surface area (Å²) in [7, 11) is 2.53. The highest BCUT2D eigenvalue weighted by atomic mass is 28.3. The van der Waals surface area contributed by atoms with Crippen molar-refractivity contribution < 1.29 is 9.47 Å². The molecule has 0 amide bonds. The van der Waals surface area contributed by atoms with E-state index in [4.69, 9.17) is 15.2 Å². The van der Waals surface area contributed by atoms with E-state index < -0.39 is 8.80 Å². The molecule has 2 N–H and O–H groups in total. The van der Waals surface area contributed by atoms with Gasteiger partial charge in [-0.05, 0) is 13.0 Å². The number of rotatable bonds is 6. The van der Waals surface area contributed by atoms with Crippen LogP contribution in [0.2, 0.25) is 12.6 Å². The van der Waals surface area contributed by atoms with E-state index in [1.807, 2.05) is 0 Å². The monoisotopic (exact) mass is 177 g/mol. The summed E-state index contributed by atoms with van der Waals surface area (Å²) in [4.78, 5) is 0. The van der Waals surface area contributed by atoms with Gasteiger partial charge >= 0.3 is 0 Å². The Morgan fingerprint density at radius 3 is 2.27 bits per heavy atom. The fourth-order valence-corrected chi connectivity index (χ4v) is 3.22. The summed E-state index contributed by atoms with van der Waals surface area (Å²) in [5, 5.41) is 0. The molecular formula is C7H19NO2Si. The zero-order valence-corrected chi connectivity index (χ0v) is 8.82. The fraction of sp³-hybridized carbons (Fsp3) is 1.00. The van der Waals surface area contributed by atoms with Gasteiger partial charge in [0.25, 0.3) is 0 Å². The van der Waals surface area contributed by atoms with E-state index in [1.165, 1.54) is 6.04 Å². The van der Waals surface area contributed by atoms with Crippen molar-refractivity contribution in [1.29, 1.82) is 0 Å². The zero-order chi connectivity index (χ0) is 8.69. The van der Waals surface area contributed by atoms with Gasteiger partial charge in [0.15, 0.2) is 0 Å². The molecule has 3 nitrogen and oxygen atoms in total. The average molecular weight is 177 g/mol. The van der Waals surface area contributed by atoms with Gasteiger partial charge in [0, 0.05) is 14.2 Å². The van der Waals surface area contributed by atoms with E-state index >= 15 is 0 Å². The third-order valence-corrected chi connectivity index (χ3v) is 4.59. The molecule has 0 aliphatic heterocycles. The quantitative estimate of drug-likeness (QED) is 0.470. The lowest BCUT2D eigenvalue weighted by atomic mass is 10.5. The summed E-state index contributed by atoms with van der Waals surface area (Å²) in [6.45, 7) is 3.02. The third-order valence-electron chi connectivity index (χ3n) is 1.79. The second kappa shape index (κ2) is 6.79. The molecule has 0 aromatic carbocycles. The molecule has 0 radical (unpaired) electrons. The minimum Gasteiger partial charge on any atom is -0.360 e. The number of hydrogen-bond donors (Lipinski definition) is 1. The zero-order valence-electron chi connectivity index (χ0n) is 7.67. The molecule has 1 atom stereocenters. The van der Waals surface area contributed by atoms with E-state index in [1.54, 1.807) is 14.2 Å². The van der Waals surface area contributed by atoms with Gasteiger partial charge in [0.05, 0.1) is 0 Å². The van der Waals surface area contributed by atoms with Crippen LogP contribution in [0.15, 0.2) is 0 Å². The van der Waals surface area contributed by atoms with Crippen molar-refractivity contribution in [2.45, 2.75) is 24.9 Å². The molecule has 0 aliphatic rings. The molecule has 0 aromatic heterocycles. The van der Waals surface area contributed by atoms with E-state index in [9.17, 15) is 0 Å². The molecule has 4 heteroatoms. The van der Waals surface area contributed by atoms with Crippen LogP contribution in [0.4, 0.5) is 0 Å². The highest BCUT2D eigenvalue weighted by Gasteiger charge is 2.16. The first-order valence-electron chi connectivity index (χ1n) is 4.02. The molecule has 0 fully saturated rings. The van der Waals surface area contributed by atoms with Crippen LogP contribution in [0.5, 0.6) is 0 Å². The van der Waals surface area contributed by atoms with Crippen LogP contribution in [-0.2, 0) is 9.47 Å². The second-order valence-electron chi connectivity index (χ2n) is 2.75. The Labute approximate surface area is 70.5 Å². The lowest BCUT2D eigenvalue weighted by Gasteiger charge is -2.19. The maximum atomic E-state index is 5.40. The largest absolute Gasteiger partial charge is 0.360 e. The van der Waals surface area contributed by atoms with Crippen molar-refractivity contribution in [1.82, 2.24) is 0 Å². The molecule has 0 aromatic rings. The van der Waals surface area contributed by atoms with Crippen LogP contribution in [0.25, 0.3) is 0 Å². The topological polar surface area (TPSA) is 44.5 Å². The van der Waals surface area contributed by atoms with Gasteiger partial charge in [-0.15, -0.1) is 0 Å². The fourth-order valence-electron chi connectivity index (χ4n) is 1.14. The van der Waals surface area contributed by atoms with Gasteiger partial charge in [0.1, 0.15) is 14.7 Å². The lowest BCUT2D eigenvalue weighted by Crippen LogP contribution is -2.31. The van der Waals surface area contributed by atoms with Gasteiger partial charge in [-0.25, -0.2) is 0 Å². The molecule has 0 heterocycles. The summed E-state index contributed by atoms with van der Waals surface area (Å²) < 4.78 is 10.3. The first-order chi connectivity index (χ1) is 5.26. The lowest BCUT2D eigenvalue weighted by molar-refractivity contribution is -0.0469. The minimum atomic E-state index is -0.859. The van der Waals surface area contributed by atoms with E-state index in [0.717, 1.165) is 13.0 Å². The number of hydrogen-bond acceptors (Lipinski definition) is 3. The van der Waals surface area contributed by atoms with Crippen molar-refractivity contribution in [3.63, 3.8) is 0 Å². The van der Waals surface area contributed by atoms with Gasteiger partial charge < -0.3 is 15.2 Å². The number of methoxy groups -OCH3 is 2. The molecule has 0 saturated carbocycles. The van der Waals surface area contributed by atoms with Crippen LogP contribution in [0, 0.1) is 0 Å². The number of ether oxygens (including phenoxy) is 2. The summed E-state index contributed by atoms with van der Waals surface area (Å²) in [5.74, 6) is 0.0570. The van der Waals surface area contributed by atoms with Crippen LogP contribution in [0.3, 0.4) is 0 Å². The van der Waals surface area contributed by atoms with Crippen LogP contribution >= 0.6 is 0 Å². The van der Waals surface area contributed by atoms with Crippen molar-refractivity contribution in [2.75, 3.05) is 20.8 Å². The van der Waals surface area contributed by atoms with Crippen molar-refractivity contribution in [2.24, 2.45) is 5.73 Å². The predicted molar refractivity (Wildman–Crippen MR) is 49.3 cm³/mol.